The average molecular weight is 1570 g/mol. The standard InChI is InChI=1S/C81H109N9O12.2CO2.O3S/c1-7-9-18-50-90-69-33-17-15-31-65(69)81(5,6)72(90)42-37-60-26-19-25-59(36-41-71-80(3,4)64-30-14-16-32-68(64)89(71)49-10-8-2)75(60)102-63-38-34-57(35-39-63)44-48-84-76(96)61(27-20-46-85-78(82)83)56-70(92)67(55-58-23-12-11-13-24-58)87-73(93)45-52-101-54-53-100-51-22-29-62(91)28-21-47-86-79(99)88-66(77(97)98)40-43-74(94)95;2*2-1-3;1-4(2)3/h11-17,23-24,30-39,41-42,61,66-67H,7-10,18-22,25-29,40,43-56H2,1-6H3,(H9-,82,83,84,85,86,87,88,93,94,95,96,97,98,99);;;/p+1/t61-,66-,67+;;;/m1.../s1. The van der Waals surface area contributed by atoms with Gasteiger partial charge in [0.25, 0.3) is 0 Å². The van der Waals surface area contributed by atoms with Crippen molar-refractivity contribution in [3.63, 3.8) is 0 Å². The average Bonchev–Trinajstić information content (AvgIpc) is 1.60. The zero-order chi connectivity index (χ0) is 82.4. The maximum atomic E-state index is 14.4. The number of hydrogen-bond donors (Lipinski definition) is 8. The number of aliphatic imine (C=N–C) groups is 1. The molecule has 3 atom stereocenters. The zero-order valence-electron chi connectivity index (χ0n) is 65.1. The summed E-state index contributed by atoms with van der Waals surface area (Å²) in [7, 11) is -3.11. The highest BCUT2D eigenvalue weighted by Crippen LogP contribution is 2.48. The number of para-hydroxylation sites is 2. The lowest BCUT2D eigenvalue weighted by Gasteiger charge is -2.27. The molecule has 0 aromatic heterocycles. The van der Waals surface area contributed by atoms with E-state index >= 15 is 0 Å². The Hall–Kier alpha value is -10.8. The largest absolute Gasteiger partial charge is 0.481 e. The Bertz CT molecular complexity index is 4120. The minimum atomic E-state index is -3.11. The van der Waals surface area contributed by atoms with Crippen molar-refractivity contribution in [1.29, 1.82) is 0 Å². The minimum Gasteiger partial charge on any atom is -0.481 e. The maximum Gasteiger partial charge on any atom is 0.425 e. The van der Waals surface area contributed by atoms with Gasteiger partial charge in [-0.1, -0.05) is 125 Å². The van der Waals surface area contributed by atoms with E-state index in [2.05, 4.69) is 150 Å². The highest BCUT2D eigenvalue weighted by molar-refractivity contribution is 7.59. The molecule has 0 radical (unpaired) electrons. The number of ether oxygens (including phenoxy) is 3. The van der Waals surface area contributed by atoms with Crippen LogP contribution < -0.4 is 42.4 Å². The van der Waals surface area contributed by atoms with Crippen LogP contribution in [0.3, 0.4) is 0 Å². The number of Topliss-reactive ketones (excluding diaryl/α,β-unsaturated/α-hetero) is 2. The van der Waals surface area contributed by atoms with E-state index in [-0.39, 0.29) is 118 Å². The number of guanidine groups is 1. The third-order valence-corrected chi connectivity index (χ3v) is 19.1. The summed E-state index contributed by atoms with van der Waals surface area (Å²) in [5, 5.41) is 28.8. The van der Waals surface area contributed by atoms with Crippen LogP contribution in [0.2, 0.25) is 0 Å². The summed E-state index contributed by atoms with van der Waals surface area (Å²) in [4.78, 5) is 128. The number of aliphatic carboxylic acids is 2. The van der Waals surface area contributed by atoms with Crippen molar-refractivity contribution in [2.45, 2.75) is 193 Å². The second-order valence-corrected chi connectivity index (χ2v) is 28.5. The SMILES string of the molecule is CCCCC[N+]1=C(/C=C/C2=C(Oc3ccc(CCNC(=O)[C@H](CCCN=C(N)N)CC(=O)[C@H](Cc4ccccc4)NC(=O)CCOCCOCCCC(=O)CCCNC(=O)N[C@H](CCC(=O)O)C(=O)O)cc3)C(=C/C=C3/N(CCCC)c4ccccc4C3(C)C)/CCC2)C(C)(C)c2ccccc21.O=C=O.O=C=O.O=S(=O)=O. The number of amides is 4. The number of carboxylic acids is 2. The molecular weight excluding hydrogens is 1460 g/mol. The van der Waals surface area contributed by atoms with Gasteiger partial charge < -0.3 is 62.1 Å². The van der Waals surface area contributed by atoms with E-state index in [1.165, 1.54) is 40.3 Å². The Labute approximate surface area is 657 Å². The molecule has 0 spiro atoms. The van der Waals surface area contributed by atoms with Gasteiger partial charge in [-0.15, -0.1) is 12.6 Å². The maximum absolute atomic E-state index is 14.4. The van der Waals surface area contributed by atoms with Gasteiger partial charge in [-0.3, -0.25) is 29.0 Å². The predicted molar refractivity (Wildman–Crippen MR) is 420 cm³/mol. The number of fused-ring (bicyclic) bond motifs is 2. The number of rotatable bonds is 45. The molecule has 0 saturated heterocycles. The van der Waals surface area contributed by atoms with E-state index in [0.717, 1.165) is 86.1 Å². The highest BCUT2D eigenvalue weighted by Gasteiger charge is 2.44. The van der Waals surface area contributed by atoms with E-state index in [9.17, 15) is 38.7 Å². The number of carbonyl (C=O) groups is 7. The smallest absolute Gasteiger partial charge is 0.425 e. The number of benzene rings is 4. The number of hydrogen-bond acceptors (Lipinski definition) is 19. The number of carboxylic acid groups (broad SMARTS) is 2. The van der Waals surface area contributed by atoms with Crippen molar-refractivity contribution in [3.05, 3.63) is 172 Å². The van der Waals surface area contributed by atoms with Crippen molar-refractivity contribution >= 4 is 87.3 Å². The van der Waals surface area contributed by atoms with Crippen LogP contribution in [0.1, 0.15) is 179 Å². The molecular formula is C83H110N9O19S+. The number of urea groups is 1. The van der Waals surface area contributed by atoms with E-state index in [1.807, 2.05) is 54.6 Å². The lowest BCUT2D eigenvalue weighted by atomic mass is 9.81. The van der Waals surface area contributed by atoms with E-state index in [4.69, 9.17) is 62.6 Å². The summed E-state index contributed by atoms with van der Waals surface area (Å²) < 4.78 is 46.3. The molecule has 2 heterocycles. The molecule has 29 heteroatoms. The molecule has 1 aliphatic carbocycles. The van der Waals surface area contributed by atoms with Gasteiger partial charge in [0, 0.05) is 112 Å². The van der Waals surface area contributed by atoms with Crippen molar-refractivity contribution in [1.82, 2.24) is 21.3 Å². The number of allylic oxidation sites excluding steroid dienone is 7. The number of unbranched alkanes of at least 4 members (excludes halogenated alkanes) is 3. The van der Waals surface area contributed by atoms with E-state index in [0.29, 0.717) is 51.0 Å². The molecule has 4 amide bonds. The van der Waals surface area contributed by atoms with Gasteiger partial charge in [0.2, 0.25) is 17.5 Å². The topological polar surface area (TPSA) is 426 Å². The van der Waals surface area contributed by atoms with Gasteiger partial charge in [0.15, 0.2) is 17.5 Å². The van der Waals surface area contributed by atoms with Gasteiger partial charge in [0.1, 0.15) is 29.9 Å². The lowest BCUT2D eigenvalue weighted by Crippen LogP contribution is -2.46. The van der Waals surface area contributed by atoms with Crippen LogP contribution in [0, 0.1) is 5.92 Å². The Balaban J connectivity index is 0.00000250. The first-order valence-corrected chi connectivity index (χ1v) is 39.0. The number of nitrogens with zero attached hydrogens (tertiary/aromatic N) is 3. The second kappa shape index (κ2) is 50.9. The van der Waals surface area contributed by atoms with Crippen LogP contribution in [-0.2, 0) is 91.7 Å². The summed E-state index contributed by atoms with van der Waals surface area (Å²) >= 11 is 0. The Morgan fingerprint density at radius 2 is 1.30 bits per heavy atom. The lowest BCUT2D eigenvalue weighted by molar-refractivity contribution is -0.438. The van der Waals surface area contributed by atoms with E-state index < -0.39 is 58.9 Å². The highest BCUT2D eigenvalue weighted by atomic mass is 32.2. The van der Waals surface area contributed by atoms with Crippen LogP contribution in [0.5, 0.6) is 5.75 Å². The molecule has 4 aromatic rings. The third kappa shape index (κ3) is 32.6. The fraction of sp³-hybridized carbons (Fsp3) is 0.482. The quantitative estimate of drug-likeness (QED) is 0.00882. The first-order valence-electron chi connectivity index (χ1n) is 38.0. The Kier molecular flexibility index (Phi) is 42.5. The van der Waals surface area contributed by atoms with Gasteiger partial charge in [0.05, 0.1) is 31.3 Å². The molecule has 0 saturated carbocycles. The molecule has 112 heavy (non-hydrogen) atoms. The summed E-state index contributed by atoms with van der Waals surface area (Å²) in [6.07, 6.45) is 20.0. The van der Waals surface area contributed by atoms with Gasteiger partial charge in [-0.2, -0.15) is 23.8 Å². The van der Waals surface area contributed by atoms with Gasteiger partial charge in [-0.05, 0) is 149 Å². The number of nitrogens with two attached hydrogens (primary N) is 2. The van der Waals surface area contributed by atoms with Crippen LogP contribution in [0.4, 0.5) is 16.2 Å². The van der Waals surface area contributed by atoms with Crippen molar-refractivity contribution < 1.29 is 94.4 Å². The summed E-state index contributed by atoms with van der Waals surface area (Å²) in [6, 6.07) is 32.0. The Morgan fingerprint density at radius 3 is 1.96 bits per heavy atom. The normalized spacial score (nSPS) is 15.0. The van der Waals surface area contributed by atoms with Crippen LogP contribution >= 0.6 is 0 Å². The molecule has 606 valence electrons. The number of anilines is 1. The van der Waals surface area contributed by atoms with Crippen LogP contribution in [0.25, 0.3) is 0 Å². The second-order valence-electron chi connectivity index (χ2n) is 28.0. The fourth-order valence-corrected chi connectivity index (χ4v) is 13.5. The van der Waals surface area contributed by atoms with Crippen LogP contribution in [-0.4, -0.2) is 164 Å². The third-order valence-electron chi connectivity index (χ3n) is 19.1. The van der Waals surface area contributed by atoms with Crippen molar-refractivity contribution in [2.24, 2.45) is 22.4 Å². The molecule has 4 aromatic carbocycles. The molecule has 3 aliphatic rings. The molecule has 0 fully saturated rings. The predicted octanol–water partition coefficient (Wildman–Crippen LogP) is 9.75. The minimum absolute atomic E-state index is 0.0317. The number of carbonyl (C=O) groups excluding carboxylic acids is 9. The van der Waals surface area contributed by atoms with Crippen molar-refractivity contribution in [2.75, 3.05) is 64.1 Å². The summed E-state index contributed by atoms with van der Waals surface area (Å²) in [5.41, 5.74) is 22.8. The molecule has 2 aliphatic heterocycles. The van der Waals surface area contributed by atoms with Crippen molar-refractivity contribution in [3.8, 4) is 5.75 Å². The van der Waals surface area contributed by atoms with Crippen LogP contribution in [0.15, 0.2) is 155 Å². The zero-order valence-corrected chi connectivity index (χ0v) is 65.9. The van der Waals surface area contributed by atoms with Gasteiger partial charge in [-0.25, -0.2) is 9.59 Å². The monoisotopic (exact) mass is 1570 g/mol. The number of ketones is 2. The molecule has 10 N–H and O–H groups in total. The molecule has 0 bridgehead atoms. The first kappa shape index (κ1) is 93.5. The molecule has 0 unspecified atom stereocenters. The van der Waals surface area contributed by atoms with Gasteiger partial charge >= 0.3 is 40.9 Å². The fourth-order valence-electron chi connectivity index (χ4n) is 13.5. The number of nitrogens with one attached hydrogen (secondary N) is 4. The molecule has 7 rings (SSSR count). The first-order chi connectivity index (χ1) is 53.7. The summed E-state index contributed by atoms with van der Waals surface area (Å²) in [6.45, 7) is 17.2. The van der Waals surface area contributed by atoms with E-state index in [1.54, 1.807) is 0 Å². The molecule has 28 nitrogen and oxygen atoms in total. The summed E-state index contributed by atoms with van der Waals surface area (Å²) in [5.74, 6) is -2.75. The Morgan fingerprint density at radius 1 is 0.661 bits per heavy atom.